The van der Waals surface area contributed by atoms with E-state index in [0.29, 0.717) is 65.9 Å². The molecule has 7 nitrogen and oxygen atoms in total. The Morgan fingerprint density at radius 3 is 1.24 bits per heavy atom. The van der Waals surface area contributed by atoms with Crippen LogP contribution in [0.4, 0.5) is 64.1 Å². The summed E-state index contributed by atoms with van der Waals surface area (Å²) in [5.74, 6) is -0.474. The molecule has 0 aromatic heterocycles. The Balaban J connectivity index is 0.000000224. The van der Waals surface area contributed by atoms with E-state index >= 15 is 0 Å². The van der Waals surface area contributed by atoms with Crippen LogP contribution in [0.3, 0.4) is 0 Å². The number of carbonyl (C=O) groups is 3. The number of aryl methyl sites for hydroxylation is 2. The zero-order valence-electron chi connectivity index (χ0n) is 29.8. The zero-order valence-corrected chi connectivity index (χ0v) is 31.4. The predicted molar refractivity (Wildman–Crippen MR) is 190 cm³/mol. The molecule has 6 rings (SSSR count). The number of alkyl halides is 12. The number of hydrogen-bond donors (Lipinski definition) is 2. The number of rotatable bonds is 7. The third-order valence-electron chi connectivity index (χ3n) is 9.75. The van der Waals surface area contributed by atoms with Crippen molar-refractivity contribution in [2.45, 2.75) is 74.7 Å². The molecule has 2 heterocycles. The summed E-state index contributed by atoms with van der Waals surface area (Å²) in [6.45, 7) is -0.118. The number of aldehydes is 1. The zero-order chi connectivity index (χ0) is 43.9. The van der Waals surface area contributed by atoms with Crippen molar-refractivity contribution in [2.75, 3.05) is 9.80 Å². The lowest BCUT2D eigenvalue weighted by Crippen LogP contribution is -2.53. The fraction of sp³-hybridized carbons (Fsp3) is 0.308. The minimum atomic E-state index is -5.97. The number of amides is 2. The molecule has 2 N–H and O–H groups in total. The van der Waals surface area contributed by atoms with Gasteiger partial charge in [-0.2, -0.15) is 52.7 Å². The van der Waals surface area contributed by atoms with Gasteiger partial charge in [0.05, 0.1) is 13.1 Å². The number of carbonyl (C=O) groups excluding carboxylic acids is 3. The van der Waals surface area contributed by atoms with Crippen LogP contribution in [0, 0.1) is 0 Å². The third kappa shape index (κ3) is 8.84. The van der Waals surface area contributed by atoms with Gasteiger partial charge >= 0.3 is 24.7 Å². The van der Waals surface area contributed by atoms with Crippen LogP contribution in [0.2, 0.25) is 0 Å². The Morgan fingerprint density at radius 2 is 0.881 bits per heavy atom. The standard InChI is InChI=1S/C20H15F6NO3.C19H14BrF6NO2/c21-19(22,23)18(30,20(24,25)26)15-5-1-12(2-6-15)10-27-16-7-3-13(11-28)9-14(16)4-8-17(27)29;20-14-6-7-15-12(9-14)3-8-16(28)27(15)10-11-1-4-13(5-2-11)17(29,18(21,22)23)19(24,25)26/h1-3,5-7,9,11,30H,4,8,10H2;1-2,4-7,9,29H,3,8,10H2. The van der Waals surface area contributed by atoms with Gasteiger partial charge in [0, 0.05) is 45.4 Å². The Bertz CT molecular complexity index is 2170. The van der Waals surface area contributed by atoms with Crippen LogP contribution in [0.25, 0.3) is 0 Å². The van der Waals surface area contributed by atoms with Gasteiger partial charge in [0.15, 0.2) is 0 Å². The molecular formula is C39H29BrF12N2O5. The summed E-state index contributed by atoms with van der Waals surface area (Å²) >= 11 is 3.34. The van der Waals surface area contributed by atoms with Crippen molar-refractivity contribution in [3.8, 4) is 0 Å². The molecule has 2 aliphatic rings. The molecule has 59 heavy (non-hydrogen) atoms. The summed E-state index contributed by atoms with van der Waals surface area (Å²) < 4.78 is 157. The Kier molecular flexibility index (Phi) is 12.4. The summed E-state index contributed by atoms with van der Waals surface area (Å²) in [6.07, 6.45) is -21.8. The SMILES string of the molecule is O=C1CCc2cc(Br)ccc2N1Cc1ccc(C(O)(C(F)(F)F)C(F)(F)F)cc1.O=Cc1ccc2c(c1)CCC(=O)N2Cc1ccc(C(O)(C(F)(F)F)C(F)(F)F)cc1. The topological polar surface area (TPSA) is 98.2 Å². The molecule has 0 saturated heterocycles. The number of benzene rings is 4. The van der Waals surface area contributed by atoms with E-state index in [4.69, 9.17) is 0 Å². The third-order valence-corrected chi connectivity index (χ3v) is 10.2. The van der Waals surface area contributed by atoms with Crippen molar-refractivity contribution in [3.05, 3.63) is 128 Å². The molecule has 0 radical (unpaired) electrons. The summed E-state index contributed by atoms with van der Waals surface area (Å²) in [6, 6.07) is 16.3. The van der Waals surface area contributed by atoms with E-state index in [2.05, 4.69) is 15.9 Å². The number of anilines is 2. The monoisotopic (exact) mass is 912 g/mol. The summed E-state index contributed by atoms with van der Waals surface area (Å²) in [7, 11) is 0. The smallest absolute Gasteiger partial charge is 0.369 e. The quantitative estimate of drug-likeness (QED) is 0.142. The van der Waals surface area contributed by atoms with E-state index in [9.17, 15) is 77.3 Å². The van der Waals surface area contributed by atoms with Gasteiger partial charge in [-0.05, 0) is 71.5 Å². The summed E-state index contributed by atoms with van der Waals surface area (Å²) in [5, 5.41) is 18.9. The average molecular weight is 914 g/mol. The molecule has 20 heteroatoms. The van der Waals surface area contributed by atoms with Crippen molar-refractivity contribution in [2.24, 2.45) is 0 Å². The van der Waals surface area contributed by atoms with Gasteiger partial charge in [0.25, 0.3) is 11.2 Å². The molecule has 0 bridgehead atoms. The lowest BCUT2D eigenvalue weighted by Gasteiger charge is -2.33. The van der Waals surface area contributed by atoms with Crippen LogP contribution < -0.4 is 9.80 Å². The highest BCUT2D eigenvalue weighted by Gasteiger charge is 2.72. The number of aliphatic hydroxyl groups is 2. The van der Waals surface area contributed by atoms with Gasteiger partial charge in [-0.1, -0.05) is 64.5 Å². The fourth-order valence-corrected chi connectivity index (χ4v) is 6.98. The lowest BCUT2D eigenvalue weighted by molar-refractivity contribution is -0.376. The highest BCUT2D eigenvalue weighted by molar-refractivity contribution is 9.10. The first-order chi connectivity index (χ1) is 27.2. The second-order valence-electron chi connectivity index (χ2n) is 13.5. The molecule has 2 aliphatic heterocycles. The van der Waals surface area contributed by atoms with Crippen molar-refractivity contribution in [3.63, 3.8) is 0 Å². The normalized spacial score (nSPS) is 15.3. The van der Waals surface area contributed by atoms with Gasteiger partial charge in [-0.3, -0.25) is 14.4 Å². The van der Waals surface area contributed by atoms with E-state index in [0.717, 1.165) is 39.9 Å². The minimum Gasteiger partial charge on any atom is -0.369 e. The number of fused-ring (bicyclic) bond motifs is 2. The van der Waals surface area contributed by atoms with Crippen LogP contribution in [0.15, 0.2) is 89.4 Å². The van der Waals surface area contributed by atoms with Crippen molar-refractivity contribution in [1.82, 2.24) is 0 Å². The van der Waals surface area contributed by atoms with E-state index in [1.165, 1.54) is 15.9 Å². The minimum absolute atomic E-state index is 0.0236. The highest BCUT2D eigenvalue weighted by atomic mass is 79.9. The number of hydrogen-bond acceptors (Lipinski definition) is 5. The fourth-order valence-electron chi connectivity index (χ4n) is 6.57. The van der Waals surface area contributed by atoms with E-state index in [1.54, 1.807) is 24.3 Å². The number of nitrogens with zero attached hydrogens (tertiary/aromatic N) is 2. The molecular weight excluding hydrogens is 884 g/mol. The van der Waals surface area contributed by atoms with Crippen LogP contribution in [0.5, 0.6) is 0 Å². The Morgan fingerprint density at radius 1 is 0.525 bits per heavy atom. The van der Waals surface area contributed by atoms with Crippen LogP contribution in [-0.2, 0) is 46.7 Å². The van der Waals surface area contributed by atoms with Gasteiger partial charge < -0.3 is 20.0 Å². The molecule has 0 unspecified atom stereocenters. The molecule has 4 aromatic rings. The van der Waals surface area contributed by atoms with Gasteiger partial charge in [0.2, 0.25) is 11.8 Å². The molecule has 4 aromatic carbocycles. The predicted octanol–water partition coefficient (Wildman–Crippen LogP) is 9.53. The van der Waals surface area contributed by atoms with Crippen LogP contribution in [0.1, 0.15) is 56.6 Å². The molecule has 2 amide bonds. The van der Waals surface area contributed by atoms with Crippen molar-refractivity contribution < 1.29 is 77.3 Å². The van der Waals surface area contributed by atoms with E-state index in [1.807, 2.05) is 6.07 Å². The first kappa shape index (κ1) is 45.1. The van der Waals surface area contributed by atoms with Gasteiger partial charge in [-0.25, -0.2) is 0 Å². The molecule has 316 valence electrons. The molecule has 0 fully saturated rings. The van der Waals surface area contributed by atoms with Gasteiger partial charge in [0.1, 0.15) is 6.29 Å². The number of halogens is 13. The average Bonchev–Trinajstić information content (AvgIpc) is 3.15. The first-order valence-corrected chi connectivity index (χ1v) is 17.9. The Hall–Kier alpha value is -4.95. The van der Waals surface area contributed by atoms with Crippen LogP contribution >= 0.6 is 15.9 Å². The maximum Gasteiger partial charge on any atom is 0.430 e. The molecule has 0 aliphatic carbocycles. The molecule has 0 spiro atoms. The first-order valence-electron chi connectivity index (χ1n) is 17.1. The summed E-state index contributed by atoms with van der Waals surface area (Å²) in [4.78, 5) is 38.3. The van der Waals surface area contributed by atoms with Crippen LogP contribution in [-0.4, -0.2) is 53.0 Å². The maximum absolute atomic E-state index is 13.0. The van der Waals surface area contributed by atoms with Crippen molar-refractivity contribution in [1.29, 1.82) is 0 Å². The van der Waals surface area contributed by atoms with Crippen molar-refractivity contribution >= 4 is 45.4 Å². The van der Waals surface area contributed by atoms with E-state index in [-0.39, 0.29) is 43.3 Å². The second-order valence-corrected chi connectivity index (χ2v) is 14.5. The Labute approximate surface area is 335 Å². The van der Waals surface area contributed by atoms with Gasteiger partial charge in [-0.15, -0.1) is 0 Å². The maximum atomic E-state index is 13.0. The lowest BCUT2D eigenvalue weighted by atomic mass is 9.91. The largest absolute Gasteiger partial charge is 0.430 e. The molecule has 0 saturated carbocycles. The second kappa shape index (κ2) is 16.2. The highest BCUT2D eigenvalue weighted by Crippen LogP contribution is 2.51. The summed E-state index contributed by atoms with van der Waals surface area (Å²) in [5.41, 5.74) is -8.88. The molecule has 0 atom stereocenters. The van der Waals surface area contributed by atoms with E-state index < -0.39 is 47.0 Å².